The predicted octanol–water partition coefficient (Wildman–Crippen LogP) is 6.17. The van der Waals surface area contributed by atoms with Gasteiger partial charge in [-0.3, -0.25) is 14.9 Å². The van der Waals surface area contributed by atoms with E-state index in [0.717, 1.165) is 5.56 Å². The minimum atomic E-state index is -0.441. The Kier molecular flexibility index (Phi) is 5.41. The monoisotopic (exact) mass is 408 g/mol. The summed E-state index contributed by atoms with van der Waals surface area (Å²) in [5.74, 6) is -0.286. The second kappa shape index (κ2) is 8.32. The third kappa shape index (κ3) is 3.85. The van der Waals surface area contributed by atoms with E-state index in [1.54, 1.807) is 55.5 Å². The van der Waals surface area contributed by atoms with Crippen LogP contribution < -0.4 is 0 Å². The molecule has 0 aliphatic carbocycles. The molecular formula is C26H20N2O3. The van der Waals surface area contributed by atoms with Gasteiger partial charge in [-0.05, 0) is 19.4 Å². The molecule has 4 rings (SSSR count). The Morgan fingerprint density at radius 3 is 1.90 bits per heavy atom. The van der Waals surface area contributed by atoms with Gasteiger partial charge in [0.05, 0.1) is 21.7 Å². The van der Waals surface area contributed by atoms with Gasteiger partial charge in [0.1, 0.15) is 5.69 Å². The van der Waals surface area contributed by atoms with E-state index in [2.05, 4.69) is 4.98 Å². The van der Waals surface area contributed by atoms with Crippen molar-refractivity contribution in [3.05, 3.63) is 117 Å². The maximum absolute atomic E-state index is 13.5. The zero-order chi connectivity index (χ0) is 22.0. The molecule has 0 unspecified atom stereocenters. The Morgan fingerprint density at radius 2 is 1.35 bits per heavy atom. The third-order valence-electron chi connectivity index (χ3n) is 5.19. The molecule has 0 atom stereocenters. The summed E-state index contributed by atoms with van der Waals surface area (Å²) < 4.78 is 0. The van der Waals surface area contributed by atoms with Crippen LogP contribution in [-0.2, 0) is 0 Å². The lowest BCUT2D eigenvalue weighted by Crippen LogP contribution is -2.11. The summed E-state index contributed by atoms with van der Waals surface area (Å²) in [6, 6.07) is 25.2. The highest BCUT2D eigenvalue weighted by atomic mass is 16.6. The zero-order valence-corrected chi connectivity index (χ0v) is 17.2. The van der Waals surface area contributed by atoms with Gasteiger partial charge in [0.25, 0.3) is 0 Å². The normalized spacial score (nSPS) is 10.6. The Morgan fingerprint density at radius 1 is 0.806 bits per heavy atom. The van der Waals surface area contributed by atoms with Gasteiger partial charge in [-0.15, -0.1) is 0 Å². The van der Waals surface area contributed by atoms with Crippen LogP contribution in [-0.4, -0.2) is 15.7 Å². The van der Waals surface area contributed by atoms with Gasteiger partial charge in [0.15, 0.2) is 5.78 Å². The third-order valence-corrected chi connectivity index (χ3v) is 5.19. The fraction of sp³-hybridized carbons (Fsp3) is 0.0769. The molecule has 0 spiro atoms. The highest BCUT2D eigenvalue weighted by Crippen LogP contribution is 2.41. The molecule has 3 aromatic carbocycles. The Labute approximate surface area is 180 Å². The number of hydrogen-bond acceptors (Lipinski definition) is 4. The average molecular weight is 408 g/mol. The number of pyridine rings is 1. The number of aromatic nitrogens is 1. The molecule has 0 fully saturated rings. The topological polar surface area (TPSA) is 73.1 Å². The molecule has 1 heterocycles. The molecule has 152 valence electrons. The van der Waals surface area contributed by atoms with Crippen LogP contribution >= 0.6 is 0 Å². The molecule has 0 saturated carbocycles. The van der Waals surface area contributed by atoms with Crippen molar-refractivity contribution >= 4 is 11.5 Å². The largest absolute Gasteiger partial charge is 0.304 e. The molecule has 5 nitrogen and oxygen atoms in total. The lowest BCUT2D eigenvalue weighted by molar-refractivity contribution is -0.383. The van der Waals surface area contributed by atoms with E-state index < -0.39 is 4.92 Å². The number of benzene rings is 3. The van der Waals surface area contributed by atoms with Crippen molar-refractivity contribution in [1.29, 1.82) is 0 Å². The van der Waals surface area contributed by atoms with Crippen molar-refractivity contribution in [1.82, 2.24) is 4.98 Å². The van der Waals surface area contributed by atoms with E-state index in [1.165, 1.54) is 0 Å². The van der Waals surface area contributed by atoms with Crippen LogP contribution in [0.1, 0.15) is 27.2 Å². The van der Waals surface area contributed by atoms with Crippen molar-refractivity contribution in [2.45, 2.75) is 13.8 Å². The standard InChI is InChI=1S/C26H20N2O3/c1-17-13-15-21(16-14-17)26(29)22-18(2)27-24(20-11-7-4-8-12-20)25(28(30)31)23(22)19-9-5-3-6-10-19/h3-16H,1-2H3. The van der Waals surface area contributed by atoms with Crippen molar-refractivity contribution < 1.29 is 9.72 Å². The molecule has 0 amide bonds. The Balaban J connectivity index is 2.08. The van der Waals surface area contributed by atoms with Crippen LogP contribution in [0.2, 0.25) is 0 Å². The molecule has 4 aromatic rings. The van der Waals surface area contributed by atoms with Gasteiger partial charge in [0.2, 0.25) is 0 Å². The van der Waals surface area contributed by atoms with Crippen molar-refractivity contribution in [3.63, 3.8) is 0 Å². The van der Waals surface area contributed by atoms with Crippen LogP contribution in [0.3, 0.4) is 0 Å². The summed E-state index contributed by atoms with van der Waals surface area (Å²) in [4.78, 5) is 30.0. The second-order valence-corrected chi connectivity index (χ2v) is 7.33. The molecule has 0 radical (unpaired) electrons. The van der Waals surface area contributed by atoms with Crippen molar-refractivity contribution in [2.75, 3.05) is 0 Å². The number of ketones is 1. The molecular weight excluding hydrogens is 388 g/mol. The highest BCUT2D eigenvalue weighted by molar-refractivity contribution is 6.15. The molecule has 0 bridgehead atoms. The van der Waals surface area contributed by atoms with E-state index >= 15 is 0 Å². The van der Waals surface area contributed by atoms with Crippen LogP contribution in [0.4, 0.5) is 5.69 Å². The SMILES string of the molecule is Cc1ccc(C(=O)c2c(C)nc(-c3ccccc3)c([N+](=O)[O-])c2-c2ccccc2)cc1. The first-order valence-electron chi connectivity index (χ1n) is 9.88. The Hall–Kier alpha value is -4.12. The van der Waals surface area contributed by atoms with E-state index in [1.807, 2.05) is 43.3 Å². The number of nitrogens with zero attached hydrogens (tertiary/aromatic N) is 2. The number of hydrogen-bond donors (Lipinski definition) is 0. The number of nitro groups is 1. The number of rotatable bonds is 5. The van der Waals surface area contributed by atoms with Crippen molar-refractivity contribution in [3.8, 4) is 22.4 Å². The zero-order valence-electron chi connectivity index (χ0n) is 17.2. The van der Waals surface area contributed by atoms with Gasteiger partial charge in [-0.25, -0.2) is 4.98 Å². The maximum atomic E-state index is 13.5. The molecule has 0 saturated heterocycles. The second-order valence-electron chi connectivity index (χ2n) is 7.33. The molecule has 0 N–H and O–H groups in total. The van der Waals surface area contributed by atoms with E-state index in [0.29, 0.717) is 27.9 Å². The molecule has 5 heteroatoms. The summed E-state index contributed by atoms with van der Waals surface area (Å²) in [5, 5.41) is 12.3. The van der Waals surface area contributed by atoms with Crippen LogP contribution in [0.5, 0.6) is 0 Å². The lowest BCUT2D eigenvalue weighted by atomic mass is 9.89. The molecule has 31 heavy (non-hydrogen) atoms. The molecule has 1 aromatic heterocycles. The number of carbonyl (C=O) groups excluding carboxylic acids is 1. The van der Waals surface area contributed by atoms with Crippen LogP contribution in [0.25, 0.3) is 22.4 Å². The van der Waals surface area contributed by atoms with Gasteiger partial charge >= 0.3 is 5.69 Å². The lowest BCUT2D eigenvalue weighted by Gasteiger charge is -2.15. The quantitative estimate of drug-likeness (QED) is 0.225. The van der Waals surface area contributed by atoms with E-state index in [9.17, 15) is 14.9 Å². The first-order chi connectivity index (χ1) is 15.0. The van der Waals surface area contributed by atoms with Crippen molar-refractivity contribution in [2.24, 2.45) is 0 Å². The number of aryl methyl sites for hydroxylation is 2. The first-order valence-corrected chi connectivity index (χ1v) is 9.88. The molecule has 0 aliphatic heterocycles. The highest BCUT2D eigenvalue weighted by Gasteiger charge is 2.31. The summed E-state index contributed by atoms with van der Waals surface area (Å²) in [5.41, 5.74) is 3.81. The Bertz CT molecular complexity index is 1270. The van der Waals surface area contributed by atoms with Gasteiger partial charge in [-0.2, -0.15) is 0 Å². The van der Waals surface area contributed by atoms with E-state index in [-0.39, 0.29) is 22.7 Å². The first kappa shape index (κ1) is 20.2. The predicted molar refractivity (Wildman–Crippen MR) is 121 cm³/mol. The van der Waals surface area contributed by atoms with Gasteiger partial charge < -0.3 is 0 Å². The maximum Gasteiger partial charge on any atom is 0.304 e. The van der Waals surface area contributed by atoms with Gasteiger partial charge in [0, 0.05) is 11.1 Å². The van der Waals surface area contributed by atoms with E-state index in [4.69, 9.17) is 0 Å². The minimum absolute atomic E-state index is 0.168. The minimum Gasteiger partial charge on any atom is -0.289 e. The summed E-state index contributed by atoms with van der Waals surface area (Å²) in [6.45, 7) is 3.67. The molecule has 0 aliphatic rings. The fourth-order valence-electron chi connectivity index (χ4n) is 3.68. The fourth-order valence-corrected chi connectivity index (χ4v) is 3.68. The summed E-state index contributed by atoms with van der Waals surface area (Å²) in [6.07, 6.45) is 0. The number of carbonyl (C=O) groups is 1. The average Bonchev–Trinajstić information content (AvgIpc) is 2.79. The summed E-state index contributed by atoms with van der Waals surface area (Å²) in [7, 11) is 0. The van der Waals surface area contributed by atoms with Gasteiger partial charge in [-0.1, -0.05) is 90.5 Å². The van der Waals surface area contributed by atoms with Crippen LogP contribution in [0.15, 0.2) is 84.9 Å². The smallest absolute Gasteiger partial charge is 0.289 e. The van der Waals surface area contributed by atoms with Crippen LogP contribution in [0, 0.1) is 24.0 Å². The summed E-state index contributed by atoms with van der Waals surface area (Å²) >= 11 is 0.